The fraction of sp³-hybridized carbons (Fsp3) is 0. The quantitative estimate of drug-likeness (QED) is 0.162. The molecule has 0 amide bonds. The summed E-state index contributed by atoms with van der Waals surface area (Å²) in [5.41, 5.74) is 3.66. The number of hydrogen-bond donors (Lipinski definition) is 0. The molecule has 0 saturated carbocycles. The largest absolute Gasteiger partial charge is 5.00 e. The van der Waals surface area contributed by atoms with Crippen LogP contribution in [0.15, 0.2) is 122 Å². The number of hydrogen-bond acceptors (Lipinski definition) is 6. The van der Waals surface area contributed by atoms with Gasteiger partial charge in [-0.05, 0) is 48.5 Å². The summed E-state index contributed by atoms with van der Waals surface area (Å²) in [6, 6.07) is 23.2. The smallest absolute Gasteiger partial charge is 0.693 e. The predicted octanol–water partition coefficient (Wildman–Crippen LogP) is 9.03. The van der Waals surface area contributed by atoms with Crippen molar-refractivity contribution in [1.82, 2.24) is 29.9 Å². The first kappa shape index (κ1) is 45.0. The Hall–Kier alpha value is -2.98. The van der Waals surface area contributed by atoms with Crippen LogP contribution >= 0.6 is 9.69 Å². The average Bonchev–Trinajstić information content (AvgIpc) is 2.94. The van der Waals surface area contributed by atoms with Crippen LogP contribution in [0.1, 0.15) is 0 Å². The molecule has 38 heavy (non-hydrogen) atoms. The van der Waals surface area contributed by atoms with Crippen LogP contribution in [0.4, 0.5) is 0 Å². The number of aromatic nitrogens is 6. The van der Waals surface area contributed by atoms with Crippen LogP contribution in [-0.2, 0) is 36.8 Å². The van der Waals surface area contributed by atoms with Gasteiger partial charge in [-0.25, -0.2) is 0 Å². The summed E-state index contributed by atoms with van der Waals surface area (Å²) in [4.78, 5) is 24.2. The van der Waals surface area contributed by atoms with Gasteiger partial charge in [-0.1, -0.05) is 24.3 Å². The van der Waals surface area contributed by atoms with Gasteiger partial charge in [-0.3, -0.25) is 29.9 Å². The third-order valence-corrected chi connectivity index (χ3v) is 3.66. The van der Waals surface area contributed by atoms with E-state index in [2.05, 4.69) is 39.6 Å². The van der Waals surface area contributed by atoms with Crippen molar-refractivity contribution in [3.05, 3.63) is 153 Å². The molecule has 204 valence electrons. The van der Waals surface area contributed by atoms with E-state index in [-0.39, 0.29) is 50.2 Å². The summed E-state index contributed by atoms with van der Waals surface area (Å²) < 4.78 is 0. The third-order valence-electron chi connectivity index (χ3n) is 3.66. The molecular formula is C24H30ClN11Ru2. The second-order valence-electron chi connectivity index (χ2n) is 5.75. The minimum atomic E-state index is 0. The SMILES string of the molecule is [Cl][Ru].[NH2-].[NH2-].[NH2-].[NH2-].[NH2-].[Ru+5].c1ccc(-c2ccccn2)nc1.c1ccc(-c2ccccn2)nc1.c1cnccn1. The molecule has 0 fully saturated rings. The molecule has 0 unspecified atom stereocenters. The van der Waals surface area contributed by atoms with Crippen molar-refractivity contribution >= 4 is 9.69 Å². The van der Waals surface area contributed by atoms with Gasteiger partial charge in [0.05, 0.1) is 22.8 Å². The molecule has 0 aliphatic heterocycles. The molecule has 5 aromatic heterocycles. The molecule has 5 heterocycles. The molecule has 0 atom stereocenters. The van der Waals surface area contributed by atoms with Gasteiger partial charge in [-0.15, -0.1) is 0 Å². The van der Waals surface area contributed by atoms with Gasteiger partial charge in [0, 0.05) is 49.6 Å². The fourth-order valence-corrected chi connectivity index (χ4v) is 2.31. The second kappa shape index (κ2) is 30.2. The van der Waals surface area contributed by atoms with E-state index in [1.54, 1.807) is 49.6 Å². The molecule has 1 radical (unpaired) electrons. The van der Waals surface area contributed by atoms with Crippen molar-refractivity contribution < 1.29 is 36.8 Å². The molecule has 11 nitrogen and oxygen atoms in total. The van der Waals surface area contributed by atoms with E-state index in [1.807, 2.05) is 90.1 Å². The van der Waals surface area contributed by atoms with E-state index in [1.165, 1.54) is 0 Å². The zero-order valence-electron chi connectivity index (χ0n) is 20.2. The molecule has 5 rings (SSSR count). The number of nitrogens with two attached hydrogens (primary N) is 5. The molecule has 10 N–H and O–H groups in total. The van der Waals surface area contributed by atoms with Gasteiger partial charge in [0.1, 0.15) is 0 Å². The van der Waals surface area contributed by atoms with Crippen molar-refractivity contribution in [2.75, 3.05) is 0 Å². The molecule has 0 bridgehead atoms. The number of nitrogens with zero attached hydrogens (tertiary/aromatic N) is 6. The van der Waals surface area contributed by atoms with Gasteiger partial charge >= 0.3 is 46.5 Å². The first-order valence-corrected chi connectivity index (χ1v) is 11.7. The zero-order valence-corrected chi connectivity index (χ0v) is 24.4. The Balaban J connectivity index is -0.000000134. The van der Waals surface area contributed by atoms with Crippen LogP contribution in [0.2, 0.25) is 0 Å². The van der Waals surface area contributed by atoms with Gasteiger partial charge in [0.2, 0.25) is 0 Å². The van der Waals surface area contributed by atoms with Crippen molar-refractivity contribution in [1.29, 1.82) is 0 Å². The summed E-state index contributed by atoms with van der Waals surface area (Å²) in [7, 11) is 4.57. The van der Waals surface area contributed by atoms with Crippen molar-refractivity contribution in [3.63, 3.8) is 0 Å². The molecule has 5 aromatic rings. The Kier molecular flexibility index (Phi) is 35.8. The molecule has 0 aliphatic rings. The summed E-state index contributed by atoms with van der Waals surface area (Å²) in [5, 5.41) is 0. The van der Waals surface area contributed by atoms with Gasteiger partial charge in [0.25, 0.3) is 0 Å². The Labute approximate surface area is 251 Å². The maximum Gasteiger partial charge on any atom is 5.00 e. The maximum atomic E-state index is 4.57. The summed E-state index contributed by atoms with van der Waals surface area (Å²) in [6.45, 7) is 0. The standard InChI is InChI=1S/2C10H8N2.C4H4N2.ClH.5H2N.2Ru/c2*1-3-7-11-9(5-1)10-6-2-4-8-12-10;1-2-6-4-3-5-1;;;;;;;;/h2*1-8H;1-4H;1H;5*1H2;;/q;;;;5*-1;+1;+5/p-1. The van der Waals surface area contributed by atoms with Crippen molar-refractivity contribution in [3.8, 4) is 22.8 Å². The van der Waals surface area contributed by atoms with Crippen LogP contribution in [0.5, 0.6) is 0 Å². The Morgan fingerprint density at radius 3 is 0.711 bits per heavy atom. The number of pyridine rings is 4. The van der Waals surface area contributed by atoms with Crippen LogP contribution in [0, 0.1) is 0 Å². The van der Waals surface area contributed by atoms with Gasteiger partial charge in [0.15, 0.2) is 0 Å². The number of halogens is 1. The first-order chi connectivity index (χ1) is 15.9. The van der Waals surface area contributed by atoms with E-state index >= 15 is 0 Å². The molecule has 0 saturated heterocycles. The van der Waals surface area contributed by atoms with E-state index in [9.17, 15) is 0 Å². The van der Waals surface area contributed by atoms with E-state index < -0.39 is 0 Å². The summed E-state index contributed by atoms with van der Waals surface area (Å²) in [6.07, 6.45) is 13.6. The van der Waals surface area contributed by atoms with Crippen molar-refractivity contribution in [2.24, 2.45) is 0 Å². The maximum absolute atomic E-state index is 4.57. The normalized spacial score (nSPS) is 7.53. The average molecular weight is 710 g/mol. The predicted molar refractivity (Wildman–Crippen MR) is 149 cm³/mol. The van der Waals surface area contributed by atoms with Crippen LogP contribution in [0.3, 0.4) is 0 Å². The molecule has 14 heteroatoms. The van der Waals surface area contributed by atoms with Crippen molar-refractivity contribution in [2.45, 2.75) is 0 Å². The molecule has 0 aromatic carbocycles. The molecular weight excluding hydrogens is 680 g/mol. The fourth-order valence-electron chi connectivity index (χ4n) is 2.31. The Morgan fingerprint density at radius 1 is 0.368 bits per heavy atom. The Bertz CT molecular complexity index is 912. The number of rotatable bonds is 2. The minimum Gasteiger partial charge on any atom is -0.693 e. The first-order valence-electron chi connectivity index (χ1n) is 9.42. The van der Waals surface area contributed by atoms with E-state index in [0.29, 0.717) is 0 Å². The van der Waals surface area contributed by atoms with Crippen LogP contribution in [0.25, 0.3) is 53.5 Å². The monoisotopic (exact) mass is 711 g/mol. The summed E-state index contributed by atoms with van der Waals surface area (Å²) in [5.74, 6) is 0. The topological polar surface area (TPSA) is 245 Å². The van der Waals surface area contributed by atoms with Gasteiger partial charge in [-0.2, -0.15) is 0 Å². The van der Waals surface area contributed by atoms with E-state index in [4.69, 9.17) is 0 Å². The summed E-state index contributed by atoms with van der Waals surface area (Å²) >= 11 is 1.82. The van der Waals surface area contributed by atoms with Crippen LogP contribution < -0.4 is 0 Å². The minimum absolute atomic E-state index is 0. The molecule has 0 aliphatic carbocycles. The second-order valence-corrected chi connectivity index (χ2v) is 5.75. The van der Waals surface area contributed by atoms with E-state index in [0.717, 1.165) is 22.8 Å². The molecule has 0 spiro atoms. The zero-order chi connectivity index (χ0) is 22.7. The third kappa shape index (κ3) is 18.3. The Morgan fingerprint density at radius 2 is 0.579 bits per heavy atom. The van der Waals surface area contributed by atoms with Gasteiger partial charge < -0.3 is 30.8 Å². The van der Waals surface area contributed by atoms with Crippen LogP contribution in [-0.4, -0.2) is 29.9 Å².